The van der Waals surface area contributed by atoms with Crippen LogP contribution in [0.4, 0.5) is 11.8 Å². The molecule has 1 unspecified atom stereocenters. The Bertz CT molecular complexity index is 700. The van der Waals surface area contributed by atoms with Crippen molar-refractivity contribution in [3.63, 3.8) is 0 Å². The second kappa shape index (κ2) is 7.77. The second-order valence-electron chi connectivity index (χ2n) is 6.81. The average molecular weight is 345 g/mol. The zero-order valence-corrected chi connectivity index (χ0v) is 15.3. The van der Waals surface area contributed by atoms with E-state index < -0.39 is 0 Å². The van der Waals surface area contributed by atoms with E-state index in [0.29, 0.717) is 11.6 Å². The highest BCUT2D eigenvalue weighted by Crippen LogP contribution is 2.24. The Hall–Kier alpha value is -2.22. The van der Waals surface area contributed by atoms with Crippen molar-refractivity contribution in [1.29, 1.82) is 0 Å². The van der Waals surface area contributed by atoms with E-state index in [1.165, 1.54) is 0 Å². The molecule has 0 spiro atoms. The van der Waals surface area contributed by atoms with Gasteiger partial charge in [-0.05, 0) is 25.2 Å². The van der Waals surface area contributed by atoms with Gasteiger partial charge in [-0.1, -0.05) is 12.1 Å². The summed E-state index contributed by atoms with van der Waals surface area (Å²) in [6.45, 7) is 4.83. The number of piperidine rings is 1. The van der Waals surface area contributed by atoms with Gasteiger partial charge in [0.2, 0.25) is 5.95 Å². The van der Waals surface area contributed by atoms with Crippen LogP contribution in [0.15, 0.2) is 12.3 Å². The molecular weight excluding hydrogens is 318 g/mol. The van der Waals surface area contributed by atoms with E-state index in [4.69, 9.17) is 10.1 Å². The van der Waals surface area contributed by atoms with E-state index in [-0.39, 0.29) is 6.61 Å². The standard InChI is InChI=1S/C17H27N7O/c1-4-14-8-16(19-17(18-14)22(2)3)23-7-5-6-13(9-23)10-24-11-15(12-25)20-21-24/h8,11,13,25H,4-7,9-10,12H2,1-3H3. The summed E-state index contributed by atoms with van der Waals surface area (Å²) >= 11 is 0. The zero-order valence-electron chi connectivity index (χ0n) is 15.3. The van der Waals surface area contributed by atoms with Gasteiger partial charge in [0, 0.05) is 45.5 Å². The topological polar surface area (TPSA) is 83.2 Å². The number of rotatable bonds is 6. The van der Waals surface area contributed by atoms with E-state index in [1.807, 2.05) is 29.9 Å². The maximum absolute atomic E-state index is 9.13. The monoisotopic (exact) mass is 345 g/mol. The van der Waals surface area contributed by atoms with E-state index >= 15 is 0 Å². The molecule has 2 aromatic heterocycles. The summed E-state index contributed by atoms with van der Waals surface area (Å²) in [4.78, 5) is 13.6. The van der Waals surface area contributed by atoms with Gasteiger partial charge in [-0.2, -0.15) is 4.98 Å². The Morgan fingerprint density at radius 3 is 2.80 bits per heavy atom. The Kier molecular flexibility index (Phi) is 5.47. The molecule has 0 amide bonds. The minimum absolute atomic E-state index is 0.0646. The summed E-state index contributed by atoms with van der Waals surface area (Å²) in [5, 5.41) is 17.2. The average Bonchev–Trinajstić information content (AvgIpc) is 3.09. The Balaban J connectivity index is 1.73. The molecule has 136 valence electrons. The van der Waals surface area contributed by atoms with Crippen molar-refractivity contribution in [2.45, 2.75) is 39.3 Å². The number of anilines is 2. The van der Waals surface area contributed by atoms with Gasteiger partial charge in [0.25, 0.3) is 0 Å². The SMILES string of the molecule is CCc1cc(N2CCCC(Cn3cc(CO)nn3)C2)nc(N(C)C)n1. The van der Waals surface area contributed by atoms with Gasteiger partial charge in [-0.25, -0.2) is 4.98 Å². The van der Waals surface area contributed by atoms with Crippen molar-refractivity contribution in [3.8, 4) is 0 Å². The van der Waals surface area contributed by atoms with Gasteiger partial charge in [-0.15, -0.1) is 5.10 Å². The van der Waals surface area contributed by atoms with E-state index in [0.717, 1.165) is 56.4 Å². The lowest BCUT2D eigenvalue weighted by Crippen LogP contribution is -2.38. The van der Waals surface area contributed by atoms with Crippen LogP contribution in [0.1, 0.15) is 31.2 Å². The summed E-state index contributed by atoms with van der Waals surface area (Å²) in [6, 6.07) is 2.11. The Morgan fingerprint density at radius 1 is 1.28 bits per heavy atom. The predicted molar refractivity (Wildman–Crippen MR) is 96.6 cm³/mol. The number of nitrogens with zero attached hydrogens (tertiary/aromatic N) is 7. The first-order valence-electron chi connectivity index (χ1n) is 8.89. The van der Waals surface area contributed by atoms with Gasteiger partial charge >= 0.3 is 0 Å². The Labute approximate surface area is 148 Å². The quantitative estimate of drug-likeness (QED) is 0.839. The molecule has 1 N–H and O–H groups in total. The first-order valence-corrected chi connectivity index (χ1v) is 8.89. The lowest BCUT2D eigenvalue weighted by molar-refractivity contribution is 0.276. The third-order valence-corrected chi connectivity index (χ3v) is 4.55. The van der Waals surface area contributed by atoms with Crippen LogP contribution in [0.3, 0.4) is 0 Å². The van der Waals surface area contributed by atoms with Crippen molar-refractivity contribution in [2.75, 3.05) is 37.0 Å². The summed E-state index contributed by atoms with van der Waals surface area (Å²) in [5.74, 6) is 2.26. The van der Waals surface area contributed by atoms with Crippen LogP contribution in [-0.2, 0) is 19.6 Å². The van der Waals surface area contributed by atoms with Gasteiger partial charge in [0.05, 0.1) is 12.8 Å². The molecule has 3 rings (SSSR count). The van der Waals surface area contributed by atoms with Crippen molar-refractivity contribution >= 4 is 11.8 Å². The third kappa shape index (κ3) is 4.25. The molecule has 8 heteroatoms. The highest BCUT2D eigenvalue weighted by molar-refractivity contribution is 5.46. The fraction of sp³-hybridized carbons (Fsp3) is 0.647. The molecule has 3 heterocycles. The fourth-order valence-electron chi connectivity index (χ4n) is 3.20. The van der Waals surface area contributed by atoms with Crippen LogP contribution in [0, 0.1) is 5.92 Å². The minimum Gasteiger partial charge on any atom is -0.390 e. The molecule has 8 nitrogen and oxygen atoms in total. The summed E-state index contributed by atoms with van der Waals surface area (Å²) in [5.41, 5.74) is 1.69. The van der Waals surface area contributed by atoms with E-state index in [9.17, 15) is 0 Å². The highest BCUT2D eigenvalue weighted by atomic mass is 16.3. The summed E-state index contributed by atoms with van der Waals surface area (Å²) in [6.07, 6.45) is 5.02. The van der Waals surface area contributed by atoms with E-state index in [2.05, 4.69) is 33.2 Å². The predicted octanol–water partition coefficient (Wildman–Crippen LogP) is 1.11. The number of hydrogen-bond acceptors (Lipinski definition) is 7. The number of hydrogen-bond donors (Lipinski definition) is 1. The molecule has 25 heavy (non-hydrogen) atoms. The maximum atomic E-state index is 9.13. The molecule has 1 aliphatic heterocycles. The Morgan fingerprint density at radius 2 is 2.12 bits per heavy atom. The molecule has 1 atom stereocenters. The van der Waals surface area contributed by atoms with Crippen LogP contribution < -0.4 is 9.80 Å². The van der Waals surface area contributed by atoms with Crippen LogP contribution >= 0.6 is 0 Å². The minimum atomic E-state index is -0.0646. The first kappa shape index (κ1) is 17.6. The number of aromatic nitrogens is 5. The number of aliphatic hydroxyl groups is 1. The molecule has 0 radical (unpaired) electrons. The lowest BCUT2D eigenvalue weighted by atomic mass is 9.98. The van der Waals surface area contributed by atoms with Gasteiger partial charge in [0.15, 0.2) is 0 Å². The molecule has 1 saturated heterocycles. The normalized spacial score (nSPS) is 17.8. The van der Waals surface area contributed by atoms with Crippen LogP contribution in [0.5, 0.6) is 0 Å². The smallest absolute Gasteiger partial charge is 0.227 e. The van der Waals surface area contributed by atoms with Crippen molar-refractivity contribution in [2.24, 2.45) is 5.92 Å². The lowest BCUT2D eigenvalue weighted by Gasteiger charge is -2.34. The van der Waals surface area contributed by atoms with Crippen molar-refractivity contribution in [1.82, 2.24) is 25.0 Å². The van der Waals surface area contributed by atoms with Crippen molar-refractivity contribution < 1.29 is 5.11 Å². The van der Waals surface area contributed by atoms with Crippen LogP contribution in [-0.4, -0.2) is 57.3 Å². The summed E-state index contributed by atoms with van der Waals surface area (Å²) < 4.78 is 1.84. The molecule has 0 aliphatic carbocycles. The molecular formula is C17H27N7O. The molecule has 0 saturated carbocycles. The third-order valence-electron chi connectivity index (χ3n) is 4.55. The van der Waals surface area contributed by atoms with Gasteiger partial charge in [-0.3, -0.25) is 4.68 Å². The fourth-order valence-corrected chi connectivity index (χ4v) is 3.20. The van der Waals surface area contributed by atoms with Crippen molar-refractivity contribution in [3.05, 3.63) is 23.7 Å². The molecule has 1 aliphatic rings. The van der Waals surface area contributed by atoms with E-state index in [1.54, 1.807) is 0 Å². The largest absolute Gasteiger partial charge is 0.390 e. The number of aliphatic hydroxyl groups excluding tert-OH is 1. The van der Waals surface area contributed by atoms with Crippen LogP contribution in [0.25, 0.3) is 0 Å². The van der Waals surface area contributed by atoms with Gasteiger partial charge in [0.1, 0.15) is 11.5 Å². The molecule has 0 bridgehead atoms. The van der Waals surface area contributed by atoms with Crippen LogP contribution in [0.2, 0.25) is 0 Å². The molecule has 1 fully saturated rings. The highest BCUT2D eigenvalue weighted by Gasteiger charge is 2.23. The summed E-state index contributed by atoms with van der Waals surface area (Å²) in [7, 11) is 3.95. The van der Waals surface area contributed by atoms with Gasteiger partial charge < -0.3 is 14.9 Å². The molecule has 2 aromatic rings. The molecule has 0 aromatic carbocycles. The maximum Gasteiger partial charge on any atom is 0.227 e. The zero-order chi connectivity index (χ0) is 17.8. The first-order chi connectivity index (χ1) is 12.1. The second-order valence-corrected chi connectivity index (χ2v) is 6.81. The number of aryl methyl sites for hydroxylation is 1.